The van der Waals surface area contributed by atoms with Crippen LogP contribution >= 0.6 is 0 Å². The molecule has 6 nitrogen and oxygen atoms in total. The minimum absolute atomic E-state index is 0.0253. The molecule has 0 aliphatic carbocycles. The summed E-state index contributed by atoms with van der Waals surface area (Å²) in [5.41, 5.74) is -1.37. The van der Waals surface area contributed by atoms with Gasteiger partial charge < -0.3 is 0 Å². The van der Waals surface area contributed by atoms with Crippen molar-refractivity contribution in [2.24, 2.45) is 0 Å². The van der Waals surface area contributed by atoms with E-state index in [9.17, 15) is 16.8 Å². The van der Waals surface area contributed by atoms with Gasteiger partial charge in [-0.2, -0.15) is 16.8 Å². The number of hydrogen-bond donors (Lipinski definition) is 0. The highest BCUT2D eigenvalue weighted by Gasteiger charge is 2.36. The topological polar surface area (TPSA) is 86.7 Å². The average molecular weight is 216 g/mol. The van der Waals surface area contributed by atoms with Crippen LogP contribution in [0, 0.1) is 0 Å². The van der Waals surface area contributed by atoms with Gasteiger partial charge >= 0.3 is 0 Å². The first kappa shape index (κ1) is 9.90. The van der Waals surface area contributed by atoms with E-state index < -0.39 is 25.7 Å². The van der Waals surface area contributed by atoms with Crippen molar-refractivity contribution in [3.63, 3.8) is 0 Å². The van der Waals surface area contributed by atoms with Crippen LogP contribution in [0.2, 0.25) is 0 Å². The lowest BCUT2D eigenvalue weighted by Crippen LogP contribution is -2.22. The van der Waals surface area contributed by atoms with E-state index in [4.69, 9.17) is 0 Å². The molecule has 0 aromatic rings. The monoisotopic (exact) mass is 216 g/mol. The van der Waals surface area contributed by atoms with E-state index >= 15 is 0 Å². The predicted molar refractivity (Wildman–Crippen MR) is 39.2 cm³/mol. The van der Waals surface area contributed by atoms with E-state index in [-0.39, 0.29) is 13.0 Å². The normalized spacial score (nSPS) is 28.9. The van der Waals surface area contributed by atoms with Crippen LogP contribution in [0.1, 0.15) is 6.42 Å². The fourth-order valence-corrected chi connectivity index (χ4v) is 2.94. The van der Waals surface area contributed by atoms with Crippen molar-refractivity contribution >= 4 is 20.2 Å². The van der Waals surface area contributed by atoms with Crippen LogP contribution in [0.5, 0.6) is 0 Å². The second kappa shape index (κ2) is 2.95. The number of hydrogen-bond acceptors (Lipinski definition) is 6. The van der Waals surface area contributed by atoms with Crippen molar-refractivity contribution < 1.29 is 25.2 Å². The Labute approximate surface area is 70.7 Å². The summed E-state index contributed by atoms with van der Waals surface area (Å²) in [4.78, 5) is 0. The van der Waals surface area contributed by atoms with Gasteiger partial charge in [0.25, 0.3) is 20.2 Å². The van der Waals surface area contributed by atoms with Gasteiger partial charge in [0.2, 0.25) is 5.44 Å². The molecule has 1 rings (SSSR count). The first-order chi connectivity index (χ1) is 5.31. The molecule has 12 heavy (non-hydrogen) atoms. The van der Waals surface area contributed by atoms with Crippen LogP contribution in [0.15, 0.2) is 0 Å². The quantitative estimate of drug-likeness (QED) is 0.552. The van der Waals surface area contributed by atoms with Crippen LogP contribution < -0.4 is 0 Å². The van der Waals surface area contributed by atoms with E-state index in [1.807, 2.05) is 0 Å². The molecule has 0 saturated carbocycles. The van der Waals surface area contributed by atoms with Gasteiger partial charge in [-0.05, 0) is 0 Å². The maximum atomic E-state index is 10.8. The first-order valence-corrected chi connectivity index (χ1v) is 6.36. The molecule has 1 aliphatic heterocycles. The maximum Gasteiger partial charge on any atom is 0.296 e. The smallest absolute Gasteiger partial charge is 0.268 e. The molecule has 0 aromatic heterocycles. The maximum absolute atomic E-state index is 10.8. The predicted octanol–water partition coefficient (Wildman–Crippen LogP) is -0.961. The van der Waals surface area contributed by atoms with Gasteiger partial charge in [-0.1, -0.05) is 0 Å². The molecular formula is C4H8O6S2. The Balaban J connectivity index is 2.79. The van der Waals surface area contributed by atoms with E-state index in [2.05, 4.69) is 8.37 Å². The molecule has 1 atom stereocenters. The van der Waals surface area contributed by atoms with Crippen molar-refractivity contribution in [3.8, 4) is 0 Å². The number of rotatable bonds is 2. The second-order valence-electron chi connectivity index (χ2n) is 2.33. The van der Waals surface area contributed by atoms with Crippen LogP contribution in [0.4, 0.5) is 0 Å². The highest BCUT2D eigenvalue weighted by Crippen LogP contribution is 2.19. The molecule has 0 bridgehead atoms. The van der Waals surface area contributed by atoms with Crippen molar-refractivity contribution in [3.05, 3.63) is 0 Å². The fraction of sp³-hybridized carbons (Fsp3) is 1.00. The van der Waals surface area contributed by atoms with E-state index in [1.165, 1.54) is 0 Å². The lowest BCUT2D eigenvalue weighted by Gasteiger charge is -2.05. The zero-order chi connectivity index (χ0) is 9.41. The molecule has 0 radical (unpaired) electrons. The summed E-state index contributed by atoms with van der Waals surface area (Å²) in [5, 5.41) is 0. The Hall–Kier alpha value is -0.180. The Kier molecular flexibility index (Phi) is 2.43. The molecule has 1 unspecified atom stereocenters. The highest BCUT2D eigenvalue weighted by atomic mass is 32.2. The molecule has 1 saturated heterocycles. The van der Waals surface area contributed by atoms with Crippen molar-refractivity contribution in [1.29, 1.82) is 0 Å². The van der Waals surface area contributed by atoms with Gasteiger partial charge in [-0.15, -0.1) is 0 Å². The summed E-state index contributed by atoms with van der Waals surface area (Å²) in [6.07, 6.45) is 0.843. The molecular weight excluding hydrogens is 208 g/mol. The molecule has 1 fully saturated rings. The Morgan fingerprint density at radius 2 is 2.08 bits per heavy atom. The van der Waals surface area contributed by atoms with Crippen LogP contribution in [-0.4, -0.2) is 35.1 Å². The minimum atomic E-state index is -3.82. The van der Waals surface area contributed by atoms with E-state index in [0.29, 0.717) is 0 Å². The summed E-state index contributed by atoms with van der Waals surface area (Å²) in [5.74, 6) is 0. The lowest BCUT2D eigenvalue weighted by molar-refractivity contribution is 0.282. The van der Waals surface area contributed by atoms with Gasteiger partial charge in [0.1, 0.15) is 0 Å². The summed E-state index contributed by atoms with van der Waals surface area (Å²) in [6.45, 7) is -0.0253. The summed E-state index contributed by atoms with van der Waals surface area (Å²) >= 11 is 0. The van der Waals surface area contributed by atoms with Crippen molar-refractivity contribution in [2.45, 2.75) is 11.9 Å². The Bertz CT molecular complexity index is 351. The van der Waals surface area contributed by atoms with E-state index in [0.717, 1.165) is 6.26 Å². The SMILES string of the molecule is CS(=O)(=O)OC1CCOS1(=O)=O. The Morgan fingerprint density at radius 1 is 1.50 bits per heavy atom. The van der Waals surface area contributed by atoms with Gasteiger partial charge in [-0.3, -0.25) is 4.18 Å². The third-order valence-corrected chi connectivity index (χ3v) is 3.38. The minimum Gasteiger partial charge on any atom is -0.268 e. The highest BCUT2D eigenvalue weighted by molar-refractivity contribution is 7.89. The van der Waals surface area contributed by atoms with Crippen molar-refractivity contribution in [2.75, 3.05) is 12.9 Å². The molecule has 72 valence electrons. The average Bonchev–Trinajstić information content (AvgIpc) is 2.07. The van der Waals surface area contributed by atoms with Crippen molar-refractivity contribution in [1.82, 2.24) is 0 Å². The molecule has 0 aromatic carbocycles. The molecule has 8 heteroatoms. The Morgan fingerprint density at radius 3 is 2.42 bits per heavy atom. The van der Waals surface area contributed by atoms with Gasteiger partial charge in [0.15, 0.2) is 0 Å². The van der Waals surface area contributed by atoms with Crippen LogP contribution in [0.25, 0.3) is 0 Å². The summed E-state index contributed by atoms with van der Waals surface area (Å²) in [6, 6.07) is 0. The van der Waals surface area contributed by atoms with Gasteiger partial charge in [0, 0.05) is 6.42 Å². The fourth-order valence-electron chi connectivity index (χ4n) is 0.772. The molecule has 0 spiro atoms. The van der Waals surface area contributed by atoms with Crippen LogP contribution in [-0.2, 0) is 28.6 Å². The van der Waals surface area contributed by atoms with Crippen LogP contribution in [0.3, 0.4) is 0 Å². The molecule has 1 aliphatic rings. The lowest BCUT2D eigenvalue weighted by atomic mass is 10.5. The summed E-state index contributed by atoms with van der Waals surface area (Å²) in [7, 11) is -7.56. The standard InChI is InChI=1S/C4H8O6S2/c1-11(5,6)10-4-2-3-9-12(4,7)8/h4H,2-3H2,1H3. The zero-order valence-corrected chi connectivity index (χ0v) is 7.89. The van der Waals surface area contributed by atoms with Gasteiger partial charge in [-0.25, -0.2) is 4.18 Å². The molecule has 0 N–H and O–H groups in total. The third kappa shape index (κ3) is 2.41. The first-order valence-electron chi connectivity index (χ1n) is 3.08. The zero-order valence-electron chi connectivity index (χ0n) is 6.26. The molecule has 0 amide bonds. The van der Waals surface area contributed by atoms with Gasteiger partial charge in [0.05, 0.1) is 12.9 Å². The largest absolute Gasteiger partial charge is 0.296 e. The van der Waals surface area contributed by atoms with E-state index in [1.54, 1.807) is 0 Å². The third-order valence-electron chi connectivity index (χ3n) is 1.21. The summed E-state index contributed by atoms with van der Waals surface area (Å²) < 4.78 is 51.3. The second-order valence-corrected chi connectivity index (χ2v) is 5.68. The molecule has 1 heterocycles.